The number of ketones is 1. The highest BCUT2D eigenvalue weighted by molar-refractivity contribution is 6.31. The maximum atomic E-state index is 12.4. The first-order chi connectivity index (χ1) is 6.22. The van der Waals surface area contributed by atoms with Crippen LogP contribution in [0.1, 0.15) is 5.56 Å². The average molecular weight is 178 g/mol. The predicted molar refractivity (Wildman–Crippen MR) is 46.5 cm³/mol. The molecule has 0 unspecified atom stereocenters. The third kappa shape index (κ3) is 2.99. The molecule has 0 heterocycles. The molecule has 0 saturated carbocycles. The van der Waals surface area contributed by atoms with Gasteiger partial charge in [0.25, 0.3) is 0 Å². The molecule has 66 valence electrons. The normalized spacial score (nSPS) is 10.2. The Bertz CT molecular complexity index is 338. The number of aldehydes is 1. The molecule has 0 aliphatic heterocycles. The summed E-state index contributed by atoms with van der Waals surface area (Å²) in [5.41, 5.74) is 0.677. The number of halogens is 1. The van der Waals surface area contributed by atoms with E-state index in [4.69, 9.17) is 0 Å². The first kappa shape index (κ1) is 9.32. The van der Waals surface area contributed by atoms with Crippen LogP contribution in [0.25, 0.3) is 6.08 Å². The lowest BCUT2D eigenvalue weighted by Crippen LogP contribution is -1.90. The molecule has 1 aromatic carbocycles. The van der Waals surface area contributed by atoms with Crippen molar-refractivity contribution in [1.82, 2.24) is 0 Å². The summed E-state index contributed by atoms with van der Waals surface area (Å²) in [6.45, 7) is 0. The Morgan fingerprint density at radius 1 is 1.23 bits per heavy atom. The van der Waals surface area contributed by atoms with E-state index >= 15 is 0 Å². The maximum absolute atomic E-state index is 12.4. The number of hydrogen-bond donors (Lipinski definition) is 0. The van der Waals surface area contributed by atoms with Gasteiger partial charge in [0.2, 0.25) is 5.78 Å². The van der Waals surface area contributed by atoms with Crippen molar-refractivity contribution in [2.75, 3.05) is 0 Å². The molecule has 0 aromatic heterocycles. The summed E-state index contributed by atoms with van der Waals surface area (Å²) in [5, 5.41) is 0. The van der Waals surface area contributed by atoms with Crippen LogP contribution in [0, 0.1) is 5.82 Å². The monoisotopic (exact) mass is 178 g/mol. The number of rotatable bonds is 3. The first-order valence-electron chi connectivity index (χ1n) is 3.65. The summed E-state index contributed by atoms with van der Waals surface area (Å²) in [6.07, 6.45) is 2.82. The zero-order chi connectivity index (χ0) is 9.68. The van der Waals surface area contributed by atoms with E-state index in [9.17, 15) is 14.0 Å². The van der Waals surface area contributed by atoms with Gasteiger partial charge in [0.1, 0.15) is 5.82 Å². The van der Waals surface area contributed by atoms with Crippen LogP contribution < -0.4 is 0 Å². The Balaban J connectivity index is 2.74. The molecule has 0 spiro atoms. The molecular formula is C10H7FO2. The molecule has 13 heavy (non-hydrogen) atoms. The minimum atomic E-state index is -0.607. The Labute approximate surface area is 74.7 Å². The lowest BCUT2D eigenvalue weighted by atomic mass is 10.2. The topological polar surface area (TPSA) is 34.1 Å². The van der Waals surface area contributed by atoms with E-state index in [2.05, 4.69) is 0 Å². The molecule has 0 radical (unpaired) electrons. The van der Waals surface area contributed by atoms with E-state index < -0.39 is 5.78 Å². The van der Waals surface area contributed by atoms with Crippen LogP contribution in [0.3, 0.4) is 0 Å². The highest BCUT2D eigenvalue weighted by Crippen LogP contribution is 2.04. The minimum absolute atomic E-state index is 0.222. The van der Waals surface area contributed by atoms with Crippen LogP contribution in [0.5, 0.6) is 0 Å². The zero-order valence-corrected chi connectivity index (χ0v) is 6.74. The lowest BCUT2D eigenvalue weighted by Gasteiger charge is -1.90. The van der Waals surface area contributed by atoms with Gasteiger partial charge in [-0.05, 0) is 23.8 Å². The smallest absolute Gasteiger partial charge is 0.218 e. The average Bonchev–Trinajstić information content (AvgIpc) is 2.16. The predicted octanol–water partition coefficient (Wildman–Crippen LogP) is 1.61. The summed E-state index contributed by atoms with van der Waals surface area (Å²) in [4.78, 5) is 20.4. The number of allylic oxidation sites excluding steroid dienone is 1. The van der Waals surface area contributed by atoms with Crippen LogP contribution in [0.15, 0.2) is 30.3 Å². The van der Waals surface area contributed by atoms with E-state index in [-0.39, 0.29) is 12.1 Å². The van der Waals surface area contributed by atoms with Gasteiger partial charge in [0, 0.05) is 0 Å². The highest BCUT2D eigenvalue weighted by Gasteiger charge is 1.91. The summed E-state index contributed by atoms with van der Waals surface area (Å²) in [6, 6.07) is 5.60. The molecular weight excluding hydrogens is 171 g/mol. The molecule has 1 rings (SSSR count). The Morgan fingerprint density at radius 3 is 2.38 bits per heavy atom. The summed E-state index contributed by atoms with van der Waals surface area (Å²) >= 11 is 0. The van der Waals surface area contributed by atoms with Crippen LogP contribution in [0.4, 0.5) is 4.39 Å². The van der Waals surface area contributed by atoms with Gasteiger partial charge >= 0.3 is 0 Å². The highest BCUT2D eigenvalue weighted by atomic mass is 19.1. The van der Waals surface area contributed by atoms with Gasteiger partial charge in [-0.2, -0.15) is 0 Å². The standard InChI is InChI=1S/C10H7FO2/c11-9-4-1-8(2-5-9)3-6-10(13)7-12/h1-7H/b6-3+. The van der Waals surface area contributed by atoms with Gasteiger partial charge in [-0.25, -0.2) is 4.39 Å². The van der Waals surface area contributed by atoms with Gasteiger partial charge in [0.05, 0.1) is 0 Å². The molecule has 0 aliphatic rings. The fourth-order valence-electron chi connectivity index (χ4n) is 0.792. The van der Waals surface area contributed by atoms with E-state index in [1.54, 1.807) is 0 Å². The molecule has 0 atom stereocenters. The second-order valence-electron chi connectivity index (χ2n) is 2.41. The van der Waals surface area contributed by atoms with E-state index in [1.165, 1.54) is 30.3 Å². The zero-order valence-electron chi connectivity index (χ0n) is 6.74. The van der Waals surface area contributed by atoms with Crippen molar-refractivity contribution in [3.63, 3.8) is 0 Å². The van der Waals surface area contributed by atoms with Crippen molar-refractivity contribution in [2.24, 2.45) is 0 Å². The third-order valence-corrected chi connectivity index (χ3v) is 1.43. The Morgan fingerprint density at radius 2 is 1.85 bits per heavy atom. The third-order valence-electron chi connectivity index (χ3n) is 1.43. The van der Waals surface area contributed by atoms with Gasteiger partial charge in [-0.1, -0.05) is 18.2 Å². The van der Waals surface area contributed by atoms with Crippen molar-refractivity contribution in [3.05, 3.63) is 41.7 Å². The van der Waals surface area contributed by atoms with Crippen molar-refractivity contribution in [2.45, 2.75) is 0 Å². The maximum Gasteiger partial charge on any atom is 0.218 e. The van der Waals surface area contributed by atoms with E-state index in [0.29, 0.717) is 5.56 Å². The quantitative estimate of drug-likeness (QED) is 0.400. The molecule has 2 nitrogen and oxygen atoms in total. The minimum Gasteiger partial charge on any atom is -0.294 e. The van der Waals surface area contributed by atoms with Gasteiger partial charge < -0.3 is 0 Å². The van der Waals surface area contributed by atoms with E-state index in [0.717, 1.165) is 6.08 Å². The number of carbonyl (C=O) groups is 2. The Hall–Kier alpha value is -1.77. The van der Waals surface area contributed by atoms with Crippen molar-refractivity contribution in [3.8, 4) is 0 Å². The van der Waals surface area contributed by atoms with Crippen molar-refractivity contribution < 1.29 is 14.0 Å². The molecule has 0 bridgehead atoms. The van der Waals surface area contributed by atoms with Crippen LogP contribution in [-0.4, -0.2) is 12.1 Å². The van der Waals surface area contributed by atoms with Crippen LogP contribution in [-0.2, 0) is 9.59 Å². The van der Waals surface area contributed by atoms with Gasteiger partial charge in [0.15, 0.2) is 6.29 Å². The molecule has 0 N–H and O–H groups in total. The molecule has 0 fully saturated rings. The Kier molecular flexibility index (Phi) is 3.09. The summed E-state index contributed by atoms with van der Waals surface area (Å²) < 4.78 is 12.4. The molecule has 0 amide bonds. The largest absolute Gasteiger partial charge is 0.294 e. The van der Waals surface area contributed by atoms with Crippen LogP contribution in [0.2, 0.25) is 0 Å². The van der Waals surface area contributed by atoms with Crippen molar-refractivity contribution >= 4 is 18.1 Å². The second-order valence-corrected chi connectivity index (χ2v) is 2.41. The molecule has 0 aliphatic carbocycles. The van der Waals surface area contributed by atoms with Gasteiger partial charge in [-0.15, -0.1) is 0 Å². The number of carbonyl (C=O) groups excluding carboxylic acids is 2. The second kappa shape index (κ2) is 4.30. The molecule has 3 heteroatoms. The lowest BCUT2D eigenvalue weighted by molar-refractivity contribution is -0.126. The number of benzene rings is 1. The van der Waals surface area contributed by atoms with E-state index in [1.807, 2.05) is 0 Å². The first-order valence-corrected chi connectivity index (χ1v) is 3.65. The SMILES string of the molecule is O=CC(=O)/C=C/c1ccc(F)cc1. The summed E-state index contributed by atoms with van der Waals surface area (Å²) in [5.74, 6) is -0.941. The molecule has 0 saturated heterocycles. The fourth-order valence-corrected chi connectivity index (χ4v) is 0.792. The van der Waals surface area contributed by atoms with Gasteiger partial charge in [-0.3, -0.25) is 9.59 Å². The number of hydrogen-bond acceptors (Lipinski definition) is 2. The summed E-state index contributed by atoms with van der Waals surface area (Å²) in [7, 11) is 0. The molecule has 1 aromatic rings. The van der Waals surface area contributed by atoms with Crippen LogP contribution >= 0.6 is 0 Å². The van der Waals surface area contributed by atoms with Crippen molar-refractivity contribution in [1.29, 1.82) is 0 Å². The fraction of sp³-hybridized carbons (Fsp3) is 0.